The maximum Gasteiger partial charge on any atom is 0.354 e. The zero-order valence-electron chi connectivity index (χ0n) is 5.54. The second kappa shape index (κ2) is 3.55. The molecule has 58 valence electrons. The molecule has 0 atom stereocenters. The summed E-state index contributed by atoms with van der Waals surface area (Å²) in [5.74, 6) is -0.458. The van der Waals surface area contributed by atoms with Crippen LogP contribution in [0.25, 0.3) is 0 Å². The van der Waals surface area contributed by atoms with Crippen LogP contribution in [0.15, 0.2) is 24.3 Å². The monoisotopic (exact) mass is 188 g/mol. The average molecular weight is 189 g/mol. The van der Waals surface area contributed by atoms with Gasteiger partial charge in [0.15, 0.2) is 0 Å². The van der Waals surface area contributed by atoms with Gasteiger partial charge in [0, 0.05) is 0 Å². The van der Waals surface area contributed by atoms with Crippen LogP contribution in [0.5, 0.6) is 0 Å². The highest BCUT2D eigenvalue weighted by molar-refractivity contribution is 7.12. The van der Waals surface area contributed by atoms with Gasteiger partial charge in [-0.3, -0.25) is 0 Å². The second-order valence-electron chi connectivity index (χ2n) is 1.67. The molecule has 0 bridgehead atoms. The average Bonchev–Trinajstić information content (AvgIpc) is 2.36. The quantitative estimate of drug-likeness (QED) is 0.527. The zero-order valence-corrected chi connectivity index (χ0v) is 7.11. The van der Waals surface area contributed by atoms with Crippen LogP contribution >= 0.6 is 22.9 Å². The molecule has 0 aliphatic rings. The third kappa shape index (κ3) is 1.82. The molecular weight excluding hydrogens is 184 g/mol. The molecule has 0 aliphatic carbocycles. The molecule has 0 amide bonds. The van der Waals surface area contributed by atoms with Crippen molar-refractivity contribution in [3.63, 3.8) is 0 Å². The Hall–Kier alpha value is -0.800. The Morgan fingerprint density at radius 3 is 3.00 bits per heavy atom. The lowest BCUT2D eigenvalue weighted by molar-refractivity contribution is 0.0670. The van der Waals surface area contributed by atoms with Gasteiger partial charge in [-0.15, -0.1) is 11.3 Å². The molecule has 0 fully saturated rings. The van der Waals surface area contributed by atoms with Crippen LogP contribution in [0.3, 0.4) is 0 Å². The number of carbonyl (C=O) groups is 1. The molecule has 1 aromatic heterocycles. The van der Waals surface area contributed by atoms with Gasteiger partial charge in [0.1, 0.15) is 4.88 Å². The molecule has 0 N–H and O–H groups in total. The minimum Gasteiger partial charge on any atom is -0.431 e. The Bertz CT molecular complexity index is 280. The van der Waals surface area contributed by atoms with Crippen molar-refractivity contribution in [3.05, 3.63) is 34.2 Å². The molecule has 0 radical (unpaired) electrons. The molecular formula is C7H5ClO2S. The maximum absolute atomic E-state index is 11.0. The topological polar surface area (TPSA) is 26.3 Å². The van der Waals surface area contributed by atoms with E-state index in [0.29, 0.717) is 9.90 Å². The van der Waals surface area contributed by atoms with Gasteiger partial charge >= 0.3 is 5.97 Å². The van der Waals surface area contributed by atoms with E-state index in [-0.39, 0.29) is 0 Å². The van der Waals surface area contributed by atoms with Gasteiger partial charge in [-0.25, -0.2) is 4.79 Å². The van der Waals surface area contributed by atoms with Crippen LogP contribution in [0.1, 0.15) is 9.67 Å². The molecule has 4 heteroatoms. The first-order valence-corrected chi connectivity index (χ1v) is 4.06. The van der Waals surface area contributed by atoms with E-state index in [9.17, 15) is 4.79 Å². The van der Waals surface area contributed by atoms with Crippen molar-refractivity contribution < 1.29 is 9.53 Å². The summed E-state index contributed by atoms with van der Waals surface area (Å²) in [5.41, 5.74) is 0. The van der Waals surface area contributed by atoms with Crippen molar-refractivity contribution >= 4 is 28.9 Å². The minimum atomic E-state index is -0.458. The van der Waals surface area contributed by atoms with Crippen LogP contribution < -0.4 is 0 Å². The summed E-state index contributed by atoms with van der Waals surface area (Å²) in [6.45, 7) is 3.26. The predicted molar refractivity (Wildman–Crippen MR) is 44.9 cm³/mol. The molecule has 0 unspecified atom stereocenters. The van der Waals surface area contributed by atoms with E-state index < -0.39 is 5.97 Å². The van der Waals surface area contributed by atoms with E-state index in [0.717, 1.165) is 6.26 Å². The third-order valence-electron chi connectivity index (χ3n) is 0.993. The number of hydrogen-bond donors (Lipinski definition) is 0. The molecule has 1 rings (SSSR count). The smallest absolute Gasteiger partial charge is 0.354 e. The highest BCUT2D eigenvalue weighted by atomic mass is 35.5. The number of esters is 1. The third-order valence-corrected chi connectivity index (χ3v) is 2.31. The standard InChI is InChI=1S/C7H5ClO2S/c1-2-10-7(9)6-5(8)3-4-11-6/h2-4H,1H2. The van der Waals surface area contributed by atoms with Crippen LogP contribution in [-0.2, 0) is 4.74 Å². The summed E-state index contributed by atoms with van der Waals surface area (Å²) >= 11 is 6.89. The summed E-state index contributed by atoms with van der Waals surface area (Å²) in [5, 5.41) is 2.14. The largest absolute Gasteiger partial charge is 0.431 e. The van der Waals surface area contributed by atoms with Gasteiger partial charge in [0.25, 0.3) is 0 Å². The van der Waals surface area contributed by atoms with Crippen molar-refractivity contribution in [1.82, 2.24) is 0 Å². The first-order valence-electron chi connectivity index (χ1n) is 2.80. The number of hydrogen-bond acceptors (Lipinski definition) is 3. The van der Waals surface area contributed by atoms with E-state index in [1.807, 2.05) is 0 Å². The fraction of sp³-hybridized carbons (Fsp3) is 0. The van der Waals surface area contributed by atoms with E-state index >= 15 is 0 Å². The van der Waals surface area contributed by atoms with Gasteiger partial charge in [-0.05, 0) is 11.4 Å². The summed E-state index contributed by atoms with van der Waals surface area (Å²) in [4.78, 5) is 11.4. The number of carbonyl (C=O) groups excluding carboxylic acids is 1. The summed E-state index contributed by atoms with van der Waals surface area (Å²) in [7, 11) is 0. The van der Waals surface area contributed by atoms with Gasteiger partial charge in [0.05, 0.1) is 11.3 Å². The van der Waals surface area contributed by atoms with Crippen LogP contribution in [0, 0.1) is 0 Å². The number of rotatable bonds is 2. The molecule has 2 nitrogen and oxygen atoms in total. The van der Waals surface area contributed by atoms with Crippen LogP contribution in [0.4, 0.5) is 0 Å². The summed E-state index contributed by atoms with van der Waals surface area (Å²) in [6, 6.07) is 1.64. The molecule has 11 heavy (non-hydrogen) atoms. The highest BCUT2D eigenvalue weighted by Crippen LogP contribution is 2.22. The highest BCUT2D eigenvalue weighted by Gasteiger charge is 2.11. The summed E-state index contributed by atoms with van der Waals surface area (Å²) in [6.07, 6.45) is 1.08. The first kappa shape index (κ1) is 8.30. The Kier molecular flexibility index (Phi) is 2.68. The predicted octanol–water partition coefficient (Wildman–Crippen LogP) is 2.70. The lowest BCUT2D eigenvalue weighted by atomic mass is 10.5. The Morgan fingerprint density at radius 1 is 1.82 bits per heavy atom. The van der Waals surface area contributed by atoms with Crippen LogP contribution in [-0.4, -0.2) is 5.97 Å². The summed E-state index contributed by atoms with van der Waals surface area (Å²) < 4.78 is 4.52. The molecule has 1 aromatic rings. The van der Waals surface area contributed by atoms with Crippen molar-refractivity contribution in [2.45, 2.75) is 0 Å². The minimum absolute atomic E-state index is 0.409. The van der Waals surface area contributed by atoms with Crippen molar-refractivity contribution in [3.8, 4) is 0 Å². The Labute approximate surface area is 73.1 Å². The molecule has 1 heterocycles. The first-order chi connectivity index (χ1) is 5.25. The lowest BCUT2D eigenvalue weighted by Crippen LogP contribution is -1.96. The maximum atomic E-state index is 11.0. The number of halogens is 1. The van der Waals surface area contributed by atoms with Crippen molar-refractivity contribution in [1.29, 1.82) is 0 Å². The normalized spacial score (nSPS) is 9.18. The van der Waals surface area contributed by atoms with E-state index in [1.165, 1.54) is 11.3 Å². The molecule has 0 saturated carbocycles. The molecule has 0 saturated heterocycles. The second-order valence-corrected chi connectivity index (χ2v) is 2.99. The lowest BCUT2D eigenvalue weighted by Gasteiger charge is -1.93. The van der Waals surface area contributed by atoms with Crippen molar-refractivity contribution in [2.75, 3.05) is 0 Å². The van der Waals surface area contributed by atoms with Gasteiger partial charge in [0.2, 0.25) is 0 Å². The SMILES string of the molecule is C=COC(=O)c1sccc1Cl. The fourth-order valence-electron chi connectivity index (χ4n) is 0.569. The molecule has 0 aromatic carbocycles. The Morgan fingerprint density at radius 2 is 2.55 bits per heavy atom. The van der Waals surface area contributed by atoms with E-state index in [1.54, 1.807) is 11.4 Å². The van der Waals surface area contributed by atoms with Crippen molar-refractivity contribution in [2.24, 2.45) is 0 Å². The zero-order chi connectivity index (χ0) is 8.27. The van der Waals surface area contributed by atoms with Gasteiger partial charge in [-0.1, -0.05) is 18.2 Å². The van der Waals surface area contributed by atoms with E-state index in [4.69, 9.17) is 11.6 Å². The molecule has 0 spiro atoms. The van der Waals surface area contributed by atoms with Gasteiger partial charge in [-0.2, -0.15) is 0 Å². The van der Waals surface area contributed by atoms with Gasteiger partial charge < -0.3 is 4.74 Å². The fourth-order valence-corrected chi connectivity index (χ4v) is 1.58. The number of thiophene rings is 1. The van der Waals surface area contributed by atoms with E-state index in [2.05, 4.69) is 11.3 Å². The number of ether oxygens (including phenoxy) is 1. The van der Waals surface area contributed by atoms with Crippen LogP contribution in [0.2, 0.25) is 5.02 Å². The molecule has 0 aliphatic heterocycles. The Balaban J connectivity index is 2.83.